The molecule has 2 atom stereocenters. The number of likely N-dealkylation sites (tertiary alicyclic amines) is 1. The molecule has 0 bridgehead atoms. The summed E-state index contributed by atoms with van der Waals surface area (Å²) in [5, 5.41) is 0. The monoisotopic (exact) mass is 271 g/mol. The summed E-state index contributed by atoms with van der Waals surface area (Å²) in [6.45, 7) is 2.37. The molecule has 1 saturated carbocycles. The van der Waals surface area contributed by atoms with Crippen LogP contribution >= 0.6 is 0 Å². The Hall–Kier alpha value is -1.06. The zero-order valence-corrected chi connectivity index (χ0v) is 12.4. The quantitative estimate of drug-likeness (QED) is 0.896. The van der Waals surface area contributed by atoms with Crippen molar-refractivity contribution in [1.29, 1.82) is 0 Å². The Balaban J connectivity index is 1.67. The van der Waals surface area contributed by atoms with Gasteiger partial charge in [0.1, 0.15) is 0 Å². The first-order valence-electron chi connectivity index (χ1n) is 8.09. The van der Waals surface area contributed by atoms with E-state index in [1.165, 1.54) is 55.6 Å². The first-order chi connectivity index (χ1) is 9.74. The smallest absolute Gasteiger partial charge is 0.0502 e. The lowest BCUT2D eigenvalue weighted by molar-refractivity contribution is 0.237. The molecule has 1 saturated heterocycles. The molecular weight excluding hydrogens is 246 g/mol. The molecular formula is C17H25N3. The van der Waals surface area contributed by atoms with Crippen molar-refractivity contribution < 1.29 is 0 Å². The summed E-state index contributed by atoms with van der Waals surface area (Å²) < 4.78 is 0. The fourth-order valence-corrected chi connectivity index (χ4v) is 4.08. The number of rotatable bonds is 2. The molecule has 0 aromatic heterocycles. The molecule has 2 heterocycles. The van der Waals surface area contributed by atoms with Crippen molar-refractivity contribution in [2.45, 2.75) is 50.2 Å². The van der Waals surface area contributed by atoms with E-state index in [2.05, 4.69) is 35.0 Å². The summed E-state index contributed by atoms with van der Waals surface area (Å²) in [5.41, 5.74) is 10.8. The average molecular weight is 271 g/mol. The molecule has 20 heavy (non-hydrogen) atoms. The maximum atomic E-state index is 6.42. The number of aryl methyl sites for hydroxylation is 1. The highest BCUT2D eigenvalue weighted by molar-refractivity contribution is 5.56. The number of anilines is 1. The van der Waals surface area contributed by atoms with E-state index >= 15 is 0 Å². The van der Waals surface area contributed by atoms with E-state index in [1.807, 2.05) is 0 Å². The molecule has 1 aromatic carbocycles. The van der Waals surface area contributed by atoms with E-state index in [0.717, 1.165) is 12.5 Å². The van der Waals surface area contributed by atoms with Crippen molar-refractivity contribution in [2.75, 3.05) is 25.0 Å². The van der Waals surface area contributed by atoms with Crippen LogP contribution in [0.1, 0.15) is 42.9 Å². The van der Waals surface area contributed by atoms with Gasteiger partial charge in [-0.1, -0.05) is 12.1 Å². The SMILES string of the molecule is CN1CCCc2cc(C3C(N)CCN3C3CC3)ccc21. The molecule has 3 aliphatic rings. The second-order valence-electron chi connectivity index (χ2n) is 6.78. The van der Waals surface area contributed by atoms with Gasteiger partial charge in [0.05, 0.1) is 6.04 Å². The van der Waals surface area contributed by atoms with Crippen molar-refractivity contribution in [3.05, 3.63) is 29.3 Å². The molecule has 1 aromatic rings. The number of nitrogens with two attached hydrogens (primary N) is 1. The van der Waals surface area contributed by atoms with Crippen molar-refractivity contribution in [2.24, 2.45) is 5.73 Å². The third-order valence-corrected chi connectivity index (χ3v) is 5.30. The van der Waals surface area contributed by atoms with Crippen molar-refractivity contribution >= 4 is 5.69 Å². The molecule has 2 N–H and O–H groups in total. The van der Waals surface area contributed by atoms with Gasteiger partial charge in [-0.2, -0.15) is 0 Å². The number of hydrogen-bond acceptors (Lipinski definition) is 3. The summed E-state index contributed by atoms with van der Waals surface area (Å²) >= 11 is 0. The van der Waals surface area contributed by atoms with E-state index in [4.69, 9.17) is 5.73 Å². The highest BCUT2D eigenvalue weighted by atomic mass is 15.2. The van der Waals surface area contributed by atoms with E-state index in [1.54, 1.807) is 0 Å². The summed E-state index contributed by atoms with van der Waals surface area (Å²) in [5.74, 6) is 0. The Labute approximate surface area is 121 Å². The Morgan fingerprint density at radius 3 is 2.80 bits per heavy atom. The Morgan fingerprint density at radius 2 is 2.00 bits per heavy atom. The van der Waals surface area contributed by atoms with Crippen LogP contribution in [-0.2, 0) is 6.42 Å². The summed E-state index contributed by atoms with van der Waals surface area (Å²) in [6, 6.07) is 8.67. The van der Waals surface area contributed by atoms with E-state index in [0.29, 0.717) is 12.1 Å². The maximum Gasteiger partial charge on any atom is 0.0502 e. The predicted molar refractivity (Wildman–Crippen MR) is 83.1 cm³/mol. The summed E-state index contributed by atoms with van der Waals surface area (Å²) in [7, 11) is 2.20. The highest BCUT2D eigenvalue weighted by Gasteiger charge is 2.41. The molecule has 2 fully saturated rings. The van der Waals surface area contributed by atoms with E-state index in [9.17, 15) is 0 Å². The minimum Gasteiger partial charge on any atom is -0.374 e. The fraction of sp³-hybridized carbons (Fsp3) is 0.647. The second-order valence-corrected chi connectivity index (χ2v) is 6.78. The topological polar surface area (TPSA) is 32.5 Å². The minimum absolute atomic E-state index is 0.315. The van der Waals surface area contributed by atoms with E-state index in [-0.39, 0.29) is 0 Å². The molecule has 0 spiro atoms. The van der Waals surface area contributed by atoms with Crippen LogP contribution in [0.5, 0.6) is 0 Å². The normalized spacial score (nSPS) is 30.6. The van der Waals surface area contributed by atoms with Crippen LogP contribution in [0.3, 0.4) is 0 Å². The van der Waals surface area contributed by atoms with Gasteiger partial charge in [-0.05, 0) is 49.3 Å². The van der Waals surface area contributed by atoms with Gasteiger partial charge in [-0.25, -0.2) is 0 Å². The molecule has 2 unspecified atom stereocenters. The molecule has 3 nitrogen and oxygen atoms in total. The van der Waals surface area contributed by atoms with Gasteiger partial charge in [0.15, 0.2) is 0 Å². The Bertz CT molecular complexity index is 509. The summed E-state index contributed by atoms with van der Waals surface area (Å²) in [6.07, 6.45) is 6.39. The third-order valence-electron chi connectivity index (χ3n) is 5.30. The third kappa shape index (κ3) is 2.04. The lowest BCUT2D eigenvalue weighted by atomic mass is 9.94. The zero-order chi connectivity index (χ0) is 13.7. The number of fused-ring (bicyclic) bond motifs is 1. The number of nitrogens with zero attached hydrogens (tertiary/aromatic N) is 2. The van der Waals surface area contributed by atoms with Gasteiger partial charge in [0.25, 0.3) is 0 Å². The second kappa shape index (κ2) is 4.74. The van der Waals surface area contributed by atoms with Crippen LogP contribution in [0.25, 0.3) is 0 Å². The fourth-order valence-electron chi connectivity index (χ4n) is 4.08. The summed E-state index contributed by atoms with van der Waals surface area (Å²) in [4.78, 5) is 5.05. The Morgan fingerprint density at radius 1 is 1.15 bits per heavy atom. The van der Waals surface area contributed by atoms with Crippen LogP contribution < -0.4 is 10.6 Å². The van der Waals surface area contributed by atoms with Crippen LogP contribution in [0, 0.1) is 0 Å². The van der Waals surface area contributed by atoms with Gasteiger partial charge in [0, 0.05) is 37.9 Å². The number of hydrogen-bond donors (Lipinski definition) is 1. The lowest BCUT2D eigenvalue weighted by Crippen LogP contribution is -2.33. The van der Waals surface area contributed by atoms with Crippen molar-refractivity contribution in [1.82, 2.24) is 4.90 Å². The van der Waals surface area contributed by atoms with Crippen LogP contribution in [0.15, 0.2) is 18.2 Å². The standard InChI is InChI=1S/C17H25N3/c1-19-9-2-3-12-11-13(4-7-16(12)19)17-15(18)8-10-20(17)14-5-6-14/h4,7,11,14-15,17H,2-3,5-6,8-10,18H2,1H3. The minimum atomic E-state index is 0.315. The van der Waals surface area contributed by atoms with Crippen molar-refractivity contribution in [3.8, 4) is 0 Å². The molecule has 108 valence electrons. The lowest BCUT2D eigenvalue weighted by Gasteiger charge is -2.31. The molecule has 0 radical (unpaired) electrons. The van der Waals surface area contributed by atoms with Crippen LogP contribution in [0.4, 0.5) is 5.69 Å². The molecule has 1 aliphatic carbocycles. The zero-order valence-electron chi connectivity index (χ0n) is 12.4. The van der Waals surface area contributed by atoms with Gasteiger partial charge in [-0.3, -0.25) is 4.90 Å². The molecule has 4 rings (SSSR count). The molecule has 2 aliphatic heterocycles. The molecule has 0 amide bonds. The Kier molecular flexibility index (Phi) is 3.00. The highest BCUT2D eigenvalue weighted by Crippen LogP contribution is 2.41. The van der Waals surface area contributed by atoms with Gasteiger partial charge >= 0.3 is 0 Å². The molecule has 3 heteroatoms. The van der Waals surface area contributed by atoms with Crippen molar-refractivity contribution in [3.63, 3.8) is 0 Å². The van der Waals surface area contributed by atoms with Gasteiger partial charge in [-0.15, -0.1) is 0 Å². The van der Waals surface area contributed by atoms with Gasteiger partial charge < -0.3 is 10.6 Å². The van der Waals surface area contributed by atoms with Gasteiger partial charge in [0.2, 0.25) is 0 Å². The first-order valence-corrected chi connectivity index (χ1v) is 8.09. The maximum absolute atomic E-state index is 6.42. The average Bonchev–Trinajstić information content (AvgIpc) is 3.22. The van der Waals surface area contributed by atoms with Crippen LogP contribution in [-0.4, -0.2) is 37.1 Å². The van der Waals surface area contributed by atoms with E-state index < -0.39 is 0 Å². The number of benzene rings is 1. The van der Waals surface area contributed by atoms with Crippen LogP contribution in [0.2, 0.25) is 0 Å². The largest absolute Gasteiger partial charge is 0.374 e. The predicted octanol–water partition coefficient (Wildman–Crippen LogP) is 2.31. The first kappa shape index (κ1) is 12.7.